The van der Waals surface area contributed by atoms with Gasteiger partial charge in [0.1, 0.15) is 18.0 Å². The number of aryl methyl sites for hydroxylation is 1. The van der Waals surface area contributed by atoms with Gasteiger partial charge in [-0.2, -0.15) is 0 Å². The first kappa shape index (κ1) is 14.3. The summed E-state index contributed by atoms with van der Waals surface area (Å²) in [6.07, 6.45) is 6.22. The molecule has 2 heterocycles. The Labute approximate surface area is 130 Å². The fourth-order valence-corrected chi connectivity index (χ4v) is 3.98. The molecule has 0 amide bonds. The summed E-state index contributed by atoms with van der Waals surface area (Å²) >= 11 is 1.88. The zero-order valence-electron chi connectivity index (χ0n) is 12.6. The Bertz CT molecular complexity index is 608. The molecule has 0 saturated carbocycles. The van der Waals surface area contributed by atoms with Crippen LogP contribution in [0.1, 0.15) is 48.7 Å². The molecular formula is C16H22N4S. The standard InChI is InChI=1S/C16H22N4S/c1-3-11-15(17-4-2)18-10-19-16(11)20-13-6-5-7-14-12(13)8-9-21-14/h8-10,13H,3-7H2,1-2H3,(H2,17,18,19,20). The van der Waals surface area contributed by atoms with Crippen molar-refractivity contribution in [3.05, 3.63) is 33.8 Å². The van der Waals surface area contributed by atoms with Gasteiger partial charge in [-0.05, 0) is 49.6 Å². The number of rotatable bonds is 5. The molecule has 1 atom stereocenters. The molecule has 5 heteroatoms. The highest BCUT2D eigenvalue weighted by atomic mass is 32.1. The van der Waals surface area contributed by atoms with Crippen molar-refractivity contribution in [2.24, 2.45) is 0 Å². The average molecular weight is 302 g/mol. The second-order valence-corrected chi connectivity index (χ2v) is 6.32. The van der Waals surface area contributed by atoms with Gasteiger partial charge in [0.05, 0.1) is 6.04 Å². The smallest absolute Gasteiger partial charge is 0.135 e. The van der Waals surface area contributed by atoms with Crippen LogP contribution in [0.5, 0.6) is 0 Å². The minimum atomic E-state index is 0.384. The molecule has 0 saturated heterocycles. The molecule has 1 aliphatic carbocycles. The highest BCUT2D eigenvalue weighted by molar-refractivity contribution is 7.10. The number of thiophene rings is 1. The van der Waals surface area contributed by atoms with E-state index in [1.165, 1.54) is 35.3 Å². The summed E-state index contributed by atoms with van der Waals surface area (Å²) in [5, 5.41) is 9.19. The van der Waals surface area contributed by atoms with Crippen molar-refractivity contribution in [3.8, 4) is 0 Å². The summed E-state index contributed by atoms with van der Waals surface area (Å²) in [7, 11) is 0. The SMILES string of the molecule is CCNc1ncnc(NC2CCCc3sccc32)c1CC. The summed E-state index contributed by atoms with van der Waals surface area (Å²) in [5.74, 6) is 1.94. The van der Waals surface area contributed by atoms with Crippen LogP contribution in [0, 0.1) is 0 Å². The first-order chi connectivity index (χ1) is 10.3. The van der Waals surface area contributed by atoms with E-state index in [9.17, 15) is 0 Å². The van der Waals surface area contributed by atoms with Crippen LogP contribution in [0.3, 0.4) is 0 Å². The van der Waals surface area contributed by atoms with Crippen LogP contribution in [0.25, 0.3) is 0 Å². The van der Waals surface area contributed by atoms with Crippen molar-refractivity contribution < 1.29 is 0 Å². The van der Waals surface area contributed by atoms with Crippen molar-refractivity contribution in [2.45, 2.75) is 45.6 Å². The fourth-order valence-electron chi connectivity index (χ4n) is 2.99. The minimum Gasteiger partial charge on any atom is -0.370 e. The first-order valence-electron chi connectivity index (χ1n) is 7.74. The van der Waals surface area contributed by atoms with Crippen molar-refractivity contribution in [2.75, 3.05) is 17.2 Å². The fraction of sp³-hybridized carbons (Fsp3) is 0.500. The lowest BCUT2D eigenvalue weighted by atomic mass is 9.94. The van der Waals surface area contributed by atoms with E-state index in [1.54, 1.807) is 6.33 Å². The van der Waals surface area contributed by atoms with E-state index in [0.717, 1.165) is 24.6 Å². The van der Waals surface area contributed by atoms with E-state index < -0.39 is 0 Å². The van der Waals surface area contributed by atoms with Gasteiger partial charge in [0.2, 0.25) is 0 Å². The summed E-state index contributed by atoms with van der Waals surface area (Å²) in [6, 6.07) is 2.64. The van der Waals surface area contributed by atoms with Gasteiger partial charge in [0, 0.05) is 17.0 Å². The summed E-state index contributed by atoms with van der Waals surface area (Å²) < 4.78 is 0. The quantitative estimate of drug-likeness (QED) is 0.876. The Balaban J connectivity index is 1.87. The number of hydrogen-bond acceptors (Lipinski definition) is 5. The molecule has 0 aromatic carbocycles. The zero-order chi connectivity index (χ0) is 14.7. The Hall–Kier alpha value is -1.62. The first-order valence-corrected chi connectivity index (χ1v) is 8.62. The predicted molar refractivity (Wildman–Crippen MR) is 89.2 cm³/mol. The van der Waals surface area contributed by atoms with Crippen molar-refractivity contribution in [1.82, 2.24) is 9.97 Å². The maximum Gasteiger partial charge on any atom is 0.135 e. The second-order valence-electron chi connectivity index (χ2n) is 5.32. The monoisotopic (exact) mass is 302 g/mol. The van der Waals surface area contributed by atoms with Gasteiger partial charge in [0.15, 0.2) is 0 Å². The summed E-state index contributed by atoms with van der Waals surface area (Å²) in [6.45, 7) is 5.12. The van der Waals surface area contributed by atoms with Gasteiger partial charge >= 0.3 is 0 Å². The number of hydrogen-bond donors (Lipinski definition) is 2. The lowest BCUT2D eigenvalue weighted by Crippen LogP contribution is -2.18. The van der Waals surface area contributed by atoms with Crippen LogP contribution in [0.15, 0.2) is 17.8 Å². The maximum absolute atomic E-state index is 4.49. The Kier molecular flexibility index (Phi) is 4.39. The number of nitrogens with one attached hydrogen (secondary N) is 2. The topological polar surface area (TPSA) is 49.8 Å². The third-order valence-corrected chi connectivity index (χ3v) is 5.00. The molecule has 2 aromatic rings. The number of anilines is 2. The van der Waals surface area contributed by atoms with Crippen LogP contribution in [0.2, 0.25) is 0 Å². The molecule has 0 spiro atoms. The van der Waals surface area contributed by atoms with E-state index >= 15 is 0 Å². The van der Waals surface area contributed by atoms with Gasteiger partial charge in [-0.3, -0.25) is 0 Å². The maximum atomic E-state index is 4.49. The molecule has 21 heavy (non-hydrogen) atoms. The molecule has 0 radical (unpaired) electrons. The van der Waals surface area contributed by atoms with Crippen LogP contribution in [-0.4, -0.2) is 16.5 Å². The minimum absolute atomic E-state index is 0.384. The third-order valence-electron chi connectivity index (χ3n) is 4.01. The molecular weight excluding hydrogens is 280 g/mol. The average Bonchev–Trinajstić information content (AvgIpc) is 2.97. The van der Waals surface area contributed by atoms with E-state index in [4.69, 9.17) is 0 Å². The van der Waals surface area contributed by atoms with Gasteiger partial charge in [-0.15, -0.1) is 11.3 Å². The molecule has 2 N–H and O–H groups in total. The number of fused-ring (bicyclic) bond motifs is 1. The molecule has 0 bridgehead atoms. The predicted octanol–water partition coefficient (Wildman–Crippen LogP) is 4.02. The van der Waals surface area contributed by atoms with Gasteiger partial charge in [0.25, 0.3) is 0 Å². The molecule has 1 unspecified atom stereocenters. The molecule has 112 valence electrons. The number of aromatic nitrogens is 2. The van der Waals surface area contributed by atoms with Gasteiger partial charge in [-0.25, -0.2) is 9.97 Å². The zero-order valence-corrected chi connectivity index (χ0v) is 13.5. The summed E-state index contributed by atoms with van der Waals surface area (Å²) in [4.78, 5) is 10.4. The highest BCUT2D eigenvalue weighted by Crippen LogP contribution is 2.36. The summed E-state index contributed by atoms with van der Waals surface area (Å²) in [5.41, 5.74) is 2.64. The Morgan fingerprint density at radius 1 is 1.29 bits per heavy atom. The van der Waals surface area contributed by atoms with E-state index in [1.807, 2.05) is 11.3 Å². The molecule has 0 fully saturated rings. The Morgan fingerprint density at radius 2 is 2.14 bits per heavy atom. The van der Waals surface area contributed by atoms with Gasteiger partial charge < -0.3 is 10.6 Å². The van der Waals surface area contributed by atoms with Crippen LogP contribution in [0.4, 0.5) is 11.6 Å². The molecule has 3 rings (SSSR count). The van der Waals surface area contributed by atoms with Crippen molar-refractivity contribution in [3.63, 3.8) is 0 Å². The highest BCUT2D eigenvalue weighted by Gasteiger charge is 2.22. The molecule has 1 aliphatic rings. The van der Waals surface area contributed by atoms with Crippen LogP contribution >= 0.6 is 11.3 Å². The number of nitrogens with zero attached hydrogens (tertiary/aromatic N) is 2. The largest absolute Gasteiger partial charge is 0.370 e. The molecule has 0 aliphatic heterocycles. The Morgan fingerprint density at radius 3 is 2.95 bits per heavy atom. The normalized spacial score (nSPS) is 17.3. The lowest BCUT2D eigenvalue weighted by molar-refractivity contribution is 0.606. The van der Waals surface area contributed by atoms with E-state index in [-0.39, 0.29) is 0 Å². The van der Waals surface area contributed by atoms with Crippen molar-refractivity contribution >= 4 is 23.0 Å². The van der Waals surface area contributed by atoms with E-state index in [0.29, 0.717) is 6.04 Å². The third kappa shape index (κ3) is 2.88. The van der Waals surface area contributed by atoms with Gasteiger partial charge in [-0.1, -0.05) is 6.92 Å². The molecule has 4 nitrogen and oxygen atoms in total. The second kappa shape index (κ2) is 6.43. The lowest BCUT2D eigenvalue weighted by Gasteiger charge is -2.25. The van der Waals surface area contributed by atoms with Crippen LogP contribution < -0.4 is 10.6 Å². The van der Waals surface area contributed by atoms with Crippen LogP contribution in [-0.2, 0) is 12.8 Å². The van der Waals surface area contributed by atoms with E-state index in [2.05, 4.69) is 45.9 Å². The molecule has 2 aromatic heterocycles. The van der Waals surface area contributed by atoms with Crippen molar-refractivity contribution in [1.29, 1.82) is 0 Å².